The van der Waals surface area contributed by atoms with E-state index >= 15 is 0 Å². The van der Waals surface area contributed by atoms with Gasteiger partial charge in [-0.1, -0.05) is 18.2 Å². The Labute approximate surface area is 106 Å². The van der Waals surface area contributed by atoms with Crippen LogP contribution in [0, 0.1) is 11.3 Å². The minimum atomic E-state index is -0.210. The Balaban J connectivity index is 2.04. The van der Waals surface area contributed by atoms with E-state index in [1.807, 2.05) is 25.2 Å². The van der Waals surface area contributed by atoms with Gasteiger partial charge in [-0.25, -0.2) is 0 Å². The normalized spacial score (nSPS) is 10.2. The van der Waals surface area contributed by atoms with E-state index in [1.54, 1.807) is 0 Å². The predicted molar refractivity (Wildman–Crippen MR) is 69.9 cm³/mol. The number of aromatic nitrogens is 1. The number of para-hydroxylation sites is 1. The number of carbonyl (C=O) groups excluding carboxylic acids is 1. The molecule has 92 valence electrons. The van der Waals surface area contributed by atoms with Gasteiger partial charge in [-0.3, -0.25) is 4.79 Å². The molecule has 0 spiro atoms. The Bertz CT molecular complexity index is 607. The molecule has 0 fully saturated rings. The molecule has 0 bridgehead atoms. The first kappa shape index (κ1) is 12.2. The Hall–Kier alpha value is -2.28. The molecule has 2 aromatic rings. The van der Waals surface area contributed by atoms with Crippen LogP contribution < -0.4 is 5.32 Å². The molecule has 0 aliphatic rings. The van der Waals surface area contributed by atoms with Crippen LogP contribution in [0.2, 0.25) is 0 Å². The SMILES string of the molecule is Cn1cc(CCNC(=O)CC#N)c2ccccc21. The van der Waals surface area contributed by atoms with Gasteiger partial charge in [0.05, 0.1) is 6.07 Å². The summed E-state index contributed by atoms with van der Waals surface area (Å²) in [4.78, 5) is 11.2. The maximum Gasteiger partial charge on any atom is 0.234 e. The number of amides is 1. The Morgan fingerprint density at radius 1 is 1.44 bits per heavy atom. The Morgan fingerprint density at radius 2 is 2.22 bits per heavy atom. The van der Waals surface area contributed by atoms with Gasteiger partial charge in [-0.05, 0) is 18.1 Å². The summed E-state index contributed by atoms with van der Waals surface area (Å²) in [5.41, 5.74) is 2.40. The van der Waals surface area contributed by atoms with Crippen molar-refractivity contribution in [2.75, 3.05) is 6.54 Å². The van der Waals surface area contributed by atoms with E-state index in [0.717, 1.165) is 6.42 Å². The minimum absolute atomic E-state index is 0.0739. The summed E-state index contributed by atoms with van der Waals surface area (Å²) in [6.45, 7) is 0.564. The summed E-state index contributed by atoms with van der Waals surface area (Å²) in [6.07, 6.45) is 2.79. The number of aryl methyl sites for hydroxylation is 1. The molecule has 0 unspecified atom stereocenters. The molecule has 0 atom stereocenters. The number of rotatable bonds is 4. The number of benzene rings is 1. The fourth-order valence-electron chi connectivity index (χ4n) is 2.10. The second kappa shape index (κ2) is 5.37. The molecule has 1 amide bonds. The third-order valence-corrected chi connectivity index (χ3v) is 2.94. The van der Waals surface area contributed by atoms with Gasteiger partial charge in [0.2, 0.25) is 5.91 Å². The maximum atomic E-state index is 11.2. The van der Waals surface area contributed by atoms with E-state index in [4.69, 9.17) is 5.26 Å². The number of nitriles is 1. The molecule has 0 saturated carbocycles. The van der Waals surface area contributed by atoms with E-state index in [1.165, 1.54) is 16.5 Å². The number of carbonyl (C=O) groups is 1. The van der Waals surface area contributed by atoms with Gasteiger partial charge in [0.1, 0.15) is 6.42 Å². The van der Waals surface area contributed by atoms with Crippen LogP contribution >= 0.6 is 0 Å². The molecule has 2 rings (SSSR count). The van der Waals surface area contributed by atoms with Crippen molar-refractivity contribution in [2.24, 2.45) is 7.05 Å². The highest BCUT2D eigenvalue weighted by Crippen LogP contribution is 2.20. The van der Waals surface area contributed by atoms with Crippen molar-refractivity contribution in [3.63, 3.8) is 0 Å². The minimum Gasteiger partial charge on any atom is -0.355 e. The Morgan fingerprint density at radius 3 is 3.00 bits per heavy atom. The molecule has 0 saturated heterocycles. The number of nitrogens with one attached hydrogen (secondary N) is 1. The van der Waals surface area contributed by atoms with Crippen molar-refractivity contribution in [2.45, 2.75) is 12.8 Å². The zero-order chi connectivity index (χ0) is 13.0. The lowest BCUT2D eigenvalue weighted by Gasteiger charge is -2.01. The average molecular weight is 241 g/mol. The van der Waals surface area contributed by atoms with Gasteiger partial charge in [0, 0.05) is 30.7 Å². The third-order valence-electron chi connectivity index (χ3n) is 2.94. The van der Waals surface area contributed by atoms with Crippen LogP contribution in [0.4, 0.5) is 0 Å². The van der Waals surface area contributed by atoms with E-state index in [0.29, 0.717) is 6.54 Å². The van der Waals surface area contributed by atoms with Gasteiger partial charge < -0.3 is 9.88 Å². The lowest BCUT2D eigenvalue weighted by molar-refractivity contribution is -0.120. The van der Waals surface area contributed by atoms with Crippen LogP contribution in [0.15, 0.2) is 30.5 Å². The van der Waals surface area contributed by atoms with Crippen LogP contribution in [0.1, 0.15) is 12.0 Å². The van der Waals surface area contributed by atoms with Crippen LogP contribution in [-0.2, 0) is 18.3 Å². The molecule has 1 heterocycles. The number of fused-ring (bicyclic) bond motifs is 1. The molecule has 0 radical (unpaired) electrons. The van der Waals surface area contributed by atoms with Crippen molar-refractivity contribution >= 4 is 16.8 Å². The smallest absolute Gasteiger partial charge is 0.234 e. The first-order chi connectivity index (χ1) is 8.72. The summed E-state index contributed by atoms with van der Waals surface area (Å²) in [6, 6.07) is 10.0. The molecule has 18 heavy (non-hydrogen) atoms. The van der Waals surface area contributed by atoms with Crippen molar-refractivity contribution in [3.05, 3.63) is 36.0 Å². The largest absolute Gasteiger partial charge is 0.355 e. The zero-order valence-electron chi connectivity index (χ0n) is 10.3. The van der Waals surface area contributed by atoms with Crippen LogP contribution in [0.5, 0.6) is 0 Å². The average Bonchev–Trinajstić information content (AvgIpc) is 2.68. The van der Waals surface area contributed by atoms with Crippen molar-refractivity contribution in [1.82, 2.24) is 9.88 Å². The summed E-state index contributed by atoms with van der Waals surface area (Å²) >= 11 is 0. The third kappa shape index (κ3) is 2.51. The molecule has 1 aromatic carbocycles. The molecule has 0 aliphatic carbocycles. The maximum absolute atomic E-state index is 11.2. The lowest BCUT2D eigenvalue weighted by atomic mass is 10.1. The monoisotopic (exact) mass is 241 g/mol. The first-order valence-corrected chi connectivity index (χ1v) is 5.89. The summed E-state index contributed by atoms with van der Waals surface area (Å²) in [5.74, 6) is -0.210. The predicted octanol–water partition coefficient (Wildman–Crippen LogP) is 1.75. The quantitative estimate of drug-likeness (QED) is 0.886. The lowest BCUT2D eigenvalue weighted by Crippen LogP contribution is -2.24. The van der Waals surface area contributed by atoms with Crippen molar-refractivity contribution < 1.29 is 4.79 Å². The zero-order valence-corrected chi connectivity index (χ0v) is 10.3. The van der Waals surface area contributed by atoms with Crippen LogP contribution in [0.3, 0.4) is 0 Å². The van der Waals surface area contributed by atoms with E-state index in [9.17, 15) is 4.79 Å². The van der Waals surface area contributed by atoms with E-state index < -0.39 is 0 Å². The number of hydrogen-bond donors (Lipinski definition) is 1. The molecule has 1 N–H and O–H groups in total. The van der Waals surface area contributed by atoms with Gasteiger partial charge in [-0.15, -0.1) is 0 Å². The standard InChI is InChI=1S/C14H15N3O/c1-17-10-11(7-9-16-14(18)6-8-15)12-4-2-3-5-13(12)17/h2-5,10H,6-7,9H2,1H3,(H,16,18). The number of hydrogen-bond acceptors (Lipinski definition) is 2. The summed E-state index contributed by atoms with van der Waals surface area (Å²) in [5, 5.41) is 12.3. The molecule has 0 aliphatic heterocycles. The van der Waals surface area contributed by atoms with Gasteiger partial charge >= 0.3 is 0 Å². The van der Waals surface area contributed by atoms with Crippen molar-refractivity contribution in [3.8, 4) is 6.07 Å². The molecule has 4 heteroatoms. The second-order valence-electron chi connectivity index (χ2n) is 4.22. The highest BCUT2D eigenvalue weighted by Gasteiger charge is 2.06. The van der Waals surface area contributed by atoms with E-state index in [-0.39, 0.29) is 12.3 Å². The Kier molecular flexibility index (Phi) is 3.63. The van der Waals surface area contributed by atoms with Crippen LogP contribution in [0.25, 0.3) is 10.9 Å². The summed E-state index contributed by atoms with van der Waals surface area (Å²) in [7, 11) is 2.01. The van der Waals surface area contributed by atoms with Gasteiger partial charge in [0.15, 0.2) is 0 Å². The molecule has 1 aromatic heterocycles. The van der Waals surface area contributed by atoms with Gasteiger partial charge in [-0.2, -0.15) is 5.26 Å². The van der Waals surface area contributed by atoms with Crippen LogP contribution in [-0.4, -0.2) is 17.0 Å². The molecular formula is C14H15N3O. The van der Waals surface area contributed by atoms with E-state index in [2.05, 4.69) is 28.2 Å². The fraction of sp³-hybridized carbons (Fsp3) is 0.286. The highest BCUT2D eigenvalue weighted by molar-refractivity contribution is 5.84. The second-order valence-corrected chi connectivity index (χ2v) is 4.22. The first-order valence-electron chi connectivity index (χ1n) is 5.89. The summed E-state index contributed by atoms with van der Waals surface area (Å²) < 4.78 is 2.09. The molecular weight excluding hydrogens is 226 g/mol. The topological polar surface area (TPSA) is 57.8 Å². The fourth-order valence-corrected chi connectivity index (χ4v) is 2.10. The number of nitrogens with zero attached hydrogens (tertiary/aromatic N) is 2. The van der Waals surface area contributed by atoms with Crippen molar-refractivity contribution in [1.29, 1.82) is 5.26 Å². The highest BCUT2D eigenvalue weighted by atomic mass is 16.1. The van der Waals surface area contributed by atoms with Gasteiger partial charge in [0.25, 0.3) is 0 Å². The molecule has 4 nitrogen and oxygen atoms in total.